The maximum absolute atomic E-state index is 5.82. The standard InChI is InChI=1S/C10H19N.ClH/c1-9-2-5-10(8-11,6-3-9)7-4-9;/h2-8,11H2,1H3;1H. The number of nitrogens with two attached hydrogens (primary N) is 1. The van der Waals surface area contributed by atoms with Crippen LogP contribution in [0.15, 0.2) is 0 Å². The van der Waals surface area contributed by atoms with Crippen molar-refractivity contribution in [1.29, 1.82) is 0 Å². The highest BCUT2D eigenvalue weighted by molar-refractivity contribution is 5.85. The topological polar surface area (TPSA) is 26.0 Å². The number of fused-ring (bicyclic) bond motifs is 3. The minimum absolute atomic E-state index is 0. The van der Waals surface area contributed by atoms with Gasteiger partial charge in [-0.2, -0.15) is 0 Å². The minimum Gasteiger partial charge on any atom is -0.330 e. The molecule has 2 bridgehead atoms. The van der Waals surface area contributed by atoms with E-state index in [1.165, 1.54) is 38.5 Å². The Morgan fingerprint density at radius 2 is 1.42 bits per heavy atom. The lowest BCUT2D eigenvalue weighted by Crippen LogP contribution is -2.43. The largest absolute Gasteiger partial charge is 0.330 e. The first kappa shape index (κ1) is 10.3. The molecule has 0 aromatic rings. The Morgan fingerprint density at radius 1 is 1.00 bits per heavy atom. The molecule has 3 aliphatic carbocycles. The molecule has 12 heavy (non-hydrogen) atoms. The molecule has 0 spiro atoms. The minimum atomic E-state index is 0. The molecule has 0 radical (unpaired) electrons. The fraction of sp³-hybridized carbons (Fsp3) is 1.00. The lowest BCUT2D eigenvalue weighted by molar-refractivity contribution is 0.00964. The molecule has 0 atom stereocenters. The fourth-order valence-electron chi connectivity index (χ4n) is 2.76. The molecule has 72 valence electrons. The van der Waals surface area contributed by atoms with Crippen LogP contribution in [0.25, 0.3) is 0 Å². The lowest BCUT2D eigenvalue weighted by Gasteiger charge is -2.51. The molecule has 0 unspecified atom stereocenters. The van der Waals surface area contributed by atoms with Gasteiger partial charge in [0.15, 0.2) is 0 Å². The average molecular weight is 190 g/mol. The summed E-state index contributed by atoms with van der Waals surface area (Å²) >= 11 is 0. The Kier molecular flexibility index (Phi) is 2.75. The summed E-state index contributed by atoms with van der Waals surface area (Å²) in [7, 11) is 0. The summed E-state index contributed by atoms with van der Waals surface area (Å²) in [5, 5.41) is 0. The quantitative estimate of drug-likeness (QED) is 0.675. The first-order chi connectivity index (χ1) is 5.18. The average Bonchev–Trinajstić information content (AvgIpc) is 2.07. The van der Waals surface area contributed by atoms with Crippen LogP contribution in [-0.4, -0.2) is 6.54 Å². The Morgan fingerprint density at radius 3 is 1.75 bits per heavy atom. The van der Waals surface area contributed by atoms with Gasteiger partial charge in [0.2, 0.25) is 0 Å². The lowest BCUT2D eigenvalue weighted by atomic mass is 9.54. The summed E-state index contributed by atoms with van der Waals surface area (Å²) < 4.78 is 0. The molecule has 0 aromatic heterocycles. The normalized spacial score (nSPS) is 45.5. The van der Waals surface area contributed by atoms with Gasteiger partial charge in [-0.1, -0.05) is 6.92 Å². The smallest absolute Gasteiger partial charge is 0.00205 e. The van der Waals surface area contributed by atoms with Gasteiger partial charge in [-0.15, -0.1) is 12.4 Å². The van der Waals surface area contributed by atoms with Crippen molar-refractivity contribution in [3.8, 4) is 0 Å². The van der Waals surface area contributed by atoms with Crippen LogP contribution in [0.4, 0.5) is 0 Å². The van der Waals surface area contributed by atoms with Gasteiger partial charge in [-0.25, -0.2) is 0 Å². The Balaban J connectivity index is 0.000000720. The monoisotopic (exact) mass is 189 g/mol. The first-order valence-corrected chi connectivity index (χ1v) is 4.88. The van der Waals surface area contributed by atoms with Gasteiger partial charge in [0.25, 0.3) is 0 Å². The molecule has 3 aliphatic rings. The van der Waals surface area contributed by atoms with Crippen LogP contribution in [0, 0.1) is 10.8 Å². The van der Waals surface area contributed by atoms with Gasteiger partial charge in [-0.3, -0.25) is 0 Å². The van der Waals surface area contributed by atoms with Crippen LogP contribution in [0.5, 0.6) is 0 Å². The van der Waals surface area contributed by atoms with Crippen molar-refractivity contribution in [2.24, 2.45) is 16.6 Å². The second kappa shape index (κ2) is 3.19. The van der Waals surface area contributed by atoms with Crippen molar-refractivity contribution < 1.29 is 0 Å². The molecular formula is C10H20ClN. The van der Waals surface area contributed by atoms with E-state index in [1.54, 1.807) is 0 Å². The van der Waals surface area contributed by atoms with Crippen molar-refractivity contribution in [3.63, 3.8) is 0 Å². The third-order valence-electron chi connectivity index (χ3n) is 4.21. The van der Waals surface area contributed by atoms with E-state index in [0.29, 0.717) is 10.8 Å². The maximum Gasteiger partial charge on any atom is -0.00205 e. The first-order valence-electron chi connectivity index (χ1n) is 4.88. The molecule has 0 aromatic carbocycles. The predicted octanol–water partition coefficient (Wildman–Crippen LogP) is 2.73. The molecule has 3 rings (SSSR count). The Bertz CT molecular complexity index is 143. The van der Waals surface area contributed by atoms with Crippen LogP contribution < -0.4 is 5.73 Å². The second-order valence-corrected chi connectivity index (χ2v) is 5.01. The molecule has 0 saturated heterocycles. The van der Waals surface area contributed by atoms with E-state index in [4.69, 9.17) is 5.73 Å². The van der Waals surface area contributed by atoms with Gasteiger partial charge >= 0.3 is 0 Å². The number of rotatable bonds is 1. The molecule has 1 nitrogen and oxygen atoms in total. The molecule has 0 amide bonds. The van der Waals surface area contributed by atoms with E-state index < -0.39 is 0 Å². The third kappa shape index (κ3) is 1.49. The van der Waals surface area contributed by atoms with E-state index in [9.17, 15) is 0 Å². The SMILES string of the molecule is CC12CCC(CN)(CC1)CC2.Cl. The molecule has 3 saturated carbocycles. The van der Waals surface area contributed by atoms with E-state index >= 15 is 0 Å². The van der Waals surface area contributed by atoms with Crippen LogP contribution >= 0.6 is 12.4 Å². The number of hydrogen-bond donors (Lipinski definition) is 1. The van der Waals surface area contributed by atoms with Crippen LogP contribution in [0.3, 0.4) is 0 Å². The molecule has 3 fully saturated rings. The fourth-order valence-corrected chi connectivity index (χ4v) is 2.76. The summed E-state index contributed by atoms with van der Waals surface area (Å²) in [6.45, 7) is 3.38. The molecule has 0 aliphatic heterocycles. The zero-order chi connectivity index (χ0) is 7.95. The Hall–Kier alpha value is 0.250. The highest BCUT2D eigenvalue weighted by Gasteiger charge is 2.44. The van der Waals surface area contributed by atoms with Gasteiger partial charge < -0.3 is 5.73 Å². The van der Waals surface area contributed by atoms with Crippen LogP contribution in [0.2, 0.25) is 0 Å². The molecular weight excluding hydrogens is 170 g/mol. The Labute approximate surface area is 81.5 Å². The van der Waals surface area contributed by atoms with Crippen molar-refractivity contribution >= 4 is 12.4 Å². The summed E-state index contributed by atoms with van der Waals surface area (Å²) in [5.74, 6) is 0. The summed E-state index contributed by atoms with van der Waals surface area (Å²) in [5.41, 5.74) is 7.10. The maximum atomic E-state index is 5.82. The summed E-state index contributed by atoms with van der Waals surface area (Å²) in [6, 6.07) is 0. The predicted molar refractivity (Wildman–Crippen MR) is 54.5 cm³/mol. The highest BCUT2D eigenvalue weighted by atomic mass is 35.5. The van der Waals surface area contributed by atoms with Crippen LogP contribution in [-0.2, 0) is 0 Å². The zero-order valence-electron chi connectivity index (χ0n) is 7.94. The summed E-state index contributed by atoms with van der Waals surface area (Å²) in [4.78, 5) is 0. The molecule has 2 heteroatoms. The number of halogens is 1. The van der Waals surface area contributed by atoms with Crippen molar-refractivity contribution in [1.82, 2.24) is 0 Å². The van der Waals surface area contributed by atoms with E-state index in [0.717, 1.165) is 6.54 Å². The van der Waals surface area contributed by atoms with Crippen molar-refractivity contribution in [3.05, 3.63) is 0 Å². The van der Waals surface area contributed by atoms with Crippen molar-refractivity contribution in [2.45, 2.75) is 45.4 Å². The highest BCUT2D eigenvalue weighted by Crippen LogP contribution is 2.55. The van der Waals surface area contributed by atoms with E-state index in [2.05, 4.69) is 6.92 Å². The van der Waals surface area contributed by atoms with E-state index in [-0.39, 0.29) is 12.4 Å². The van der Waals surface area contributed by atoms with Gasteiger partial charge in [0.05, 0.1) is 0 Å². The summed E-state index contributed by atoms with van der Waals surface area (Å²) in [6.07, 6.45) is 8.51. The van der Waals surface area contributed by atoms with Crippen LogP contribution in [0.1, 0.15) is 45.4 Å². The van der Waals surface area contributed by atoms with Gasteiger partial charge in [0, 0.05) is 0 Å². The van der Waals surface area contributed by atoms with E-state index in [1.807, 2.05) is 0 Å². The third-order valence-corrected chi connectivity index (χ3v) is 4.21. The second-order valence-electron chi connectivity index (χ2n) is 5.01. The molecule has 0 heterocycles. The van der Waals surface area contributed by atoms with Gasteiger partial charge in [0.1, 0.15) is 0 Å². The van der Waals surface area contributed by atoms with Crippen molar-refractivity contribution in [2.75, 3.05) is 6.54 Å². The number of hydrogen-bond acceptors (Lipinski definition) is 1. The molecule has 2 N–H and O–H groups in total. The zero-order valence-corrected chi connectivity index (χ0v) is 8.75. The van der Waals surface area contributed by atoms with Gasteiger partial charge in [-0.05, 0) is 55.9 Å².